The van der Waals surface area contributed by atoms with Crippen LogP contribution in [0.1, 0.15) is 31.2 Å². The van der Waals surface area contributed by atoms with Gasteiger partial charge in [-0.3, -0.25) is 9.78 Å². The van der Waals surface area contributed by atoms with Crippen LogP contribution in [-0.4, -0.2) is 35.0 Å². The molecule has 0 radical (unpaired) electrons. The van der Waals surface area contributed by atoms with Crippen LogP contribution in [0.3, 0.4) is 0 Å². The van der Waals surface area contributed by atoms with Gasteiger partial charge in [0.05, 0.1) is 11.6 Å². The predicted octanol–water partition coefficient (Wildman–Crippen LogP) is 3.43. The summed E-state index contributed by atoms with van der Waals surface area (Å²) in [6.07, 6.45) is 7.94. The molecule has 3 atom stereocenters. The van der Waals surface area contributed by atoms with E-state index in [2.05, 4.69) is 22.0 Å². The second-order valence-electron chi connectivity index (χ2n) is 8.00. The highest BCUT2D eigenvalue weighted by Gasteiger charge is 2.55. The third kappa shape index (κ3) is 2.59. The van der Waals surface area contributed by atoms with E-state index in [1.54, 1.807) is 12.4 Å². The fourth-order valence-corrected chi connectivity index (χ4v) is 4.93. The number of amides is 1. The summed E-state index contributed by atoms with van der Waals surface area (Å²) in [5, 5.41) is 0. The number of benzene rings is 1. The number of carbonyl (C=O) groups is 1. The van der Waals surface area contributed by atoms with E-state index in [1.807, 2.05) is 30.3 Å². The van der Waals surface area contributed by atoms with Gasteiger partial charge >= 0.3 is 0 Å². The zero-order chi connectivity index (χ0) is 17.6. The monoisotopic (exact) mass is 348 g/mol. The molecule has 2 aliphatic carbocycles. The van der Waals surface area contributed by atoms with Crippen molar-refractivity contribution in [1.29, 1.82) is 0 Å². The molecule has 1 amide bonds. The maximum atomic E-state index is 13.3. The number of rotatable bonds is 4. The van der Waals surface area contributed by atoms with E-state index in [0.717, 1.165) is 44.5 Å². The van der Waals surface area contributed by atoms with Gasteiger partial charge in [0.25, 0.3) is 0 Å². The van der Waals surface area contributed by atoms with Crippen LogP contribution in [0, 0.1) is 11.8 Å². The maximum absolute atomic E-state index is 13.3. The van der Waals surface area contributed by atoms with Gasteiger partial charge in [-0.2, -0.15) is 0 Å². The normalized spacial score (nSPS) is 28.6. The Morgan fingerprint density at radius 3 is 2.65 bits per heavy atom. The maximum Gasteiger partial charge on any atom is 0.233 e. The number of hydrogen-bond acceptors (Lipinski definition) is 3. The number of likely N-dealkylation sites (tertiary alicyclic amines) is 1. The molecule has 2 aromatic rings. The Morgan fingerprint density at radius 1 is 1.08 bits per heavy atom. The molecule has 1 aliphatic heterocycles. The molecule has 0 unspecified atom stereocenters. The van der Waals surface area contributed by atoms with Crippen molar-refractivity contribution in [1.82, 2.24) is 9.88 Å². The van der Waals surface area contributed by atoms with E-state index in [4.69, 9.17) is 4.74 Å². The highest BCUT2D eigenvalue weighted by atomic mass is 16.5. The molecule has 26 heavy (non-hydrogen) atoms. The summed E-state index contributed by atoms with van der Waals surface area (Å²) in [5.74, 6) is 2.20. The standard InChI is InChI=1S/C22H24N2O2/c25-21(22(10-11-22)17-5-2-1-3-6-17)24-14-16-8-9-20(19(16)15-24)26-18-7-4-12-23-13-18/h1-7,12-13,16,19-20H,8-11,14-15H2/t16-,19+,20-/m1/s1. The smallest absolute Gasteiger partial charge is 0.233 e. The summed E-state index contributed by atoms with van der Waals surface area (Å²) in [6.45, 7) is 1.73. The molecule has 0 N–H and O–H groups in total. The van der Waals surface area contributed by atoms with Crippen molar-refractivity contribution in [2.45, 2.75) is 37.2 Å². The van der Waals surface area contributed by atoms with Crippen molar-refractivity contribution in [2.75, 3.05) is 13.1 Å². The number of fused-ring (bicyclic) bond motifs is 1. The zero-order valence-electron chi connectivity index (χ0n) is 14.9. The molecular formula is C22H24N2O2. The Hall–Kier alpha value is -2.36. The highest BCUT2D eigenvalue weighted by Crippen LogP contribution is 2.51. The number of pyridine rings is 1. The van der Waals surface area contributed by atoms with Gasteiger partial charge in [0.2, 0.25) is 5.91 Å². The third-order valence-electron chi connectivity index (χ3n) is 6.49. The van der Waals surface area contributed by atoms with E-state index in [9.17, 15) is 4.79 Å². The Kier molecular flexibility index (Phi) is 3.73. The minimum absolute atomic E-state index is 0.203. The molecule has 2 heterocycles. The molecule has 0 bridgehead atoms. The second kappa shape index (κ2) is 6.11. The molecule has 4 nitrogen and oxygen atoms in total. The molecule has 1 saturated heterocycles. The largest absolute Gasteiger partial charge is 0.488 e. The van der Waals surface area contributed by atoms with Crippen LogP contribution in [-0.2, 0) is 10.2 Å². The molecule has 5 rings (SSSR count). The van der Waals surface area contributed by atoms with E-state index >= 15 is 0 Å². The van der Waals surface area contributed by atoms with Gasteiger partial charge in [-0.05, 0) is 49.3 Å². The molecule has 2 saturated carbocycles. The van der Waals surface area contributed by atoms with Crippen molar-refractivity contribution in [3.8, 4) is 5.75 Å². The first-order valence-corrected chi connectivity index (χ1v) is 9.68. The van der Waals surface area contributed by atoms with Crippen LogP contribution >= 0.6 is 0 Å². The lowest BCUT2D eigenvalue weighted by atomic mass is 9.94. The first-order chi connectivity index (χ1) is 12.8. The SMILES string of the molecule is O=C(N1C[C@H]2CC[C@@H](Oc3cccnc3)[C@H]2C1)C1(c2ccccc2)CC1. The van der Waals surface area contributed by atoms with Crippen molar-refractivity contribution >= 4 is 5.91 Å². The summed E-state index contributed by atoms with van der Waals surface area (Å²) in [5.41, 5.74) is 0.935. The minimum atomic E-state index is -0.250. The van der Waals surface area contributed by atoms with E-state index < -0.39 is 0 Å². The number of aromatic nitrogens is 1. The quantitative estimate of drug-likeness (QED) is 0.850. The number of carbonyl (C=O) groups excluding carboxylic acids is 1. The Morgan fingerprint density at radius 2 is 1.92 bits per heavy atom. The number of ether oxygens (including phenoxy) is 1. The summed E-state index contributed by atoms with van der Waals surface area (Å²) >= 11 is 0. The van der Waals surface area contributed by atoms with Crippen molar-refractivity contribution in [2.24, 2.45) is 11.8 Å². The highest BCUT2D eigenvalue weighted by molar-refractivity contribution is 5.91. The fourth-order valence-electron chi connectivity index (χ4n) is 4.93. The summed E-state index contributed by atoms with van der Waals surface area (Å²) < 4.78 is 6.20. The lowest BCUT2D eigenvalue weighted by Crippen LogP contribution is -2.39. The van der Waals surface area contributed by atoms with Gasteiger partial charge in [-0.1, -0.05) is 30.3 Å². The molecule has 134 valence electrons. The van der Waals surface area contributed by atoms with E-state index in [0.29, 0.717) is 17.7 Å². The number of hydrogen-bond donors (Lipinski definition) is 0. The van der Waals surface area contributed by atoms with Crippen LogP contribution in [0.15, 0.2) is 54.9 Å². The van der Waals surface area contributed by atoms with Crippen LogP contribution in [0.25, 0.3) is 0 Å². The van der Waals surface area contributed by atoms with Crippen molar-refractivity contribution < 1.29 is 9.53 Å². The summed E-state index contributed by atoms with van der Waals surface area (Å²) in [4.78, 5) is 19.6. The molecule has 4 heteroatoms. The topological polar surface area (TPSA) is 42.4 Å². The van der Waals surface area contributed by atoms with E-state index in [-0.39, 0.29) is 11.5 Å². The average molecular weight is 348 g/mol. The predicted molar refractivity (Wildman–Crippen MR) is 98.8 cm³/mol. The second-order valence-corrected chi connectivity index (χ2v) is 8.00. The molecule has 1 aromatic heterocycles. The average Bonchev–Trinajstić information content (AvgIpc) is 3.27. The molecule has 0 spiro atoms. The molecule has 3 fully saturated rings. The molecule has 1 aromatic carbocycles. The Balaban J connectivity index is 1.29. The third-order valence-corrected chi connectivity index (χ3v) is 6.49. The number of nitrogens with zero attached hydrogens (tertiary/aromatic N) is 2. The van der Waals surface area contributed by atoms with Crippen molar-refractivity contribution in [3.63, 3.8) is 0 Å². The van der Waals surface area contributed by atoms with Crippen LogP contribution < -0.4 is 4.74 Å². The summed E-state index contributed by atoms with van der Waals surface area (Å²) in [6, 6.07) is 14.2. The first-order valence-electron chi connectivity index (χ1n) is 9.68. The van der Waals surface area contributed by atoms with Crippen LogP contribution in [0.4, 0.5) is 0 Å². The van der Waals surface area contributed by atoms with Gasteiger partial charge in [0.15, 0.2) is 0 Å². The Labute approximate surface area is 154 Å². The first kappa shape index (κ1) is 15.9. The lowest BCUT2D eigenvalue weighted by molar-refractivity contribution is -0.133. The van der Waals surface area contributed by atoms with E-state index in [1.165, 1.54) is 5.56 Å². The summed E-state index contributed by atoms with van der Waals surface area (Å²) in [7, 11) is 0. The van der Waals surface area contributed by atoms with Crippen molar-refractivity contribution in [3.05, 3.63) is 60.4 Å². The van der Waals surface area contributed by atoms with Gasteiger partial charge in [0, 0.05) is 25.2 Å². The fraction of sp³-hybridized carbons (Fsp3) is 0.455. The van der Waals surface area contributed by atoms with Crippen LogP contribution in [0.5, 0.6) is 5.75 Å². The molecular weight excluding hydrogens is 324 g/mol. The van der Waals surface area contributed by atoms with Gasteiger partial charge in [0.1, 0.15) is 11.9 Å². The lowest BCUT2D eigenvalue weighted by Gasteiger charge is -2.25. The van der Waals surface area contributed by atoms with Gasteiger partial charge < -0.3 is 9.64 Å². The molecule has 3 aliphatic rings. The van der Waals surface area contributed by atoms with Crippen LogP contribution in [0.2, 0.25) is 0 Å². The van der Waals surface area contributed by atoms with Gasteiger partial charge in [-0.15, -0.1) is 0 Å². The zero-order valence-corrected chi connectivity index (χ0v) is 14.9. The van der Waals surface area contributed by atoms with Gasteiger partial charge in [-0.25, -0.2) is 0 Å². The minimum Gasteiger partial charge on any atom is -0.488 e. The Bertz CT molecular complexity index is 788.